The number of benzene rings is 1. The van der Waals surface area contributed by atoms with E-state index in [9.17, 15) is 22.8 Å². The average Bonchev–Trinajstić information content (AvgIpc) is 2.53. The summed E-state index contributed by atoms with van der Waals surface area (Å²) in [7, 11) is 0. The topological polar surface area (TPSA) is 98.0 Å². The Morgan fingerprint density at radius 2 is 1.71 bits per heavy atom. The fourth-order valence-electron chi connectivity index (χ4n) is 2.16. The highest BCUT2D eigenvalue weighted by Gasteiger charge is 2.34. The molecule has 0 saturated heterocycles. The molecule has 2 aromatic rings. The summed E-state index contributed by atoms with van der Waals surface area (Å²) in [5.74, 6) is -1.81. The Labute approximate surface area is 134 Å². The molecule has 0 saturated carbocycles. The third kappa shape index (κ3) is 3.67. The molecule has 24 heavy (non-hydrogen) atoms. The highest BCUT2D eigenvalue weighted by Crippen LogP contribution is 2.34. The summed E-state index contributed by atoms with van der Waals surface area (Å²) in [6.07, 6.45) is -2.20. The van der Waals surface area contributed by atoms with Gasteiger partial charge in [0.05, 0.1) is 11.6 Å². The Bertz CT molecular complexity index is 777. The standard InChI is InChI=1S/C15H13F3N4O2/c1-8(9-4-2-3-5-10(9)15(16,17)18)22-14(24)12-11(13(19)23)20-6-7-21-12/h2-8H,1H3,(H2,19,23)(H,22,24)/t8-/m1/s1. The van der Waals surface area contributed by atoms with Crippen molar-refractivity contribution in [3.8, 4) is 0 Å². The summed E-state index contributed by atoms with van der Waals surface area (Å²) in [5, 5.41) is 2.37. The Kier molecular flexibility index (Phi) is 4.82. The zero-order valence-corrected chi connectivity index (χ0v) is 12.5. The minimum atomic E-state index is -4.56. The lowest BCUT2D eigenvalue weighted by Crippen LogP contribution is -2.31. The van der Waals surface area contributed by atoms with Gasteiger partial charge >= 0.3 is 6.18 Å². The van der Waals surface area contributed by atoms with E-state index in [1.165, 1.54) is 37.5 Å². The second-order valence-corrected chi connectivity index (χ2v) is 4.90. The molecule has 9 heteroatoms. The van der Waals surface area contributed by atoms with Gasteiger partial charge in [0.1, 0.15) is 0 Å². The van der Waals surface area contributed by atoms with Crippen LogP contribution < -0.4 is 11.1 Å². The number of nitrogens with one attached hydrogen (secondary N) is 1. The smallest absolute Gasteiger partial charge is 0.364 e. The van der Waals surface area contributed by atoms with E-state index in [0.29, 0.717) is 0 Å². The quantitative estimate of drug-likeness (QED) is 0.892. The van der Waals surface area contributed by atoms with Gasteiger partial charge < -0.3 is 11.1 Å². The minimum absolute atomic E-state index is 0.108. The number of carbonyl (C=O) groups excluding carboxylic acids is 2. The predicted octanol–water partition coefficient (Wildman–Crippen LogP) is 2.09. The van der Waals surface area contributed by atoms with Crippen LogP contribution in [0.1, 0.15) is 45.1 Å². The summed E-state index contributed by atoms with van der Waals surface area (Å²) in [6, 6.07) is 3.91. The van der Waals surface area contributed by atoms with Crippen LogP contribution >= 0.6 is 0 Å². The van der Waals surface area contributed by atoms with Gasteiger partial charge in [0.25, 0.3) is 11.8 Å². The fourth-order valence-corrected chi connectivity index (χ4v) is 2.16. The second-order valence-electron chi connectivity index (χ2n) is 4.90. The van der Waals surface area contributed by atoms with Crippen molar-refractivity contribution >= 4 is 11.8 Å². The lowest BCUT2D eigenvalue weighted by molar-refractivity contribution is -0.138. The van der Waals surface area contributed by atoms with Gasteiger partial charge in [-0.15, -0.1) is 0 Å². The molecule has 0 aliphatic rings. The Morgan fingerprint density at radius 1 is 1.12 bits per heavy atom. The van der Waals surface area contributed by atoms with Crippen LogP contribution in [0.15, 0.2) is 36.7 Å². The van der Waals surface area contributed by atoms with Crippen LogP contribution in [0.5, 0.6) is 0 Å². The summed E-state index contributed by atoms with van der Waals surface area (Å²) in [5.41, 5.74) is 3.44. The summed E-state index contributed by atoms with van der Waals surface area (Å²) in [4.78, 5) is 30.8. The first-order valence-electron chi connectivity index (χ1n) is 6.79. The van der Waals surface area contributed by atoms with Crippen molar-refractivity contribution in [1.29, 1.82) is 0 Å². The number of rotatable bonds is 4. The fraction of sp³-hybridized carbons (Fsp3) is 0.200. The monoisotopic (exact) mass is 338 g/mol. The van der Waals surface area contributed by atoms with E-state index in [0.717, 1.165) is 6.07 Å². The molecule has 3 N–H and O–H groups in total. The van der Waals surface area contributed by atoms with E-state index < -0.39 is 29.6 Å². The van der Waals surface area contributed by atoms with Crippen LogP contribution in [-0.4, -0.2) is 21.8 Å². The zero-order valence-electron chi connectivity index (χ0n) is 12.5. The molecule has 1 heterocycles. The third-order valence-electron chi connectivity index (χ3n) is 3.23. The Balaban J connectivity index is 2.30. The van der Waals surface area contributed by atoms with Gasteiger partial charge in [-0.1, -0.05) is 18.2 Å². The molecule has 0 unspecified atom stereocenters. The lowest BCUT2D eigenvalue weighted by Gasteiger charge is -2.19. The lowest BCUT2D eigenvalue weighted by atomic mass is 10.0. The van der Waals surface area contributed by atoms with Crippen molar-refractivity contribution in [2.75, 3.05) is 0 Å². The summed E-state index contributed by atoms with van der Waals surface area (Å²) < 4.78 is 39.1. The van der Waals surface area contributed by atoms with Crippen LogP contribution in [0.25, 0.3) is 0 Å². The molecule has 6 nitrogen and oxygen atoms in total. The molecule has 126 valence electrons. The molecular formula is C15H13F3N4O2. The van der Waals surface area contributed by atoms with Crippen LogP contribution in [0.4, 0.5) is 13.2 Å². The van der Waals surface area contributed by atoms with Crippen molar-refractivity contribution in [3.63, 3.8) is 0 Å². The number of primary amides is 1. The second kappa shape index (κ2) is 6.65. The van der Waals surface area contributed by atoms with Crippen molar-refractivity contribution in [1.82, 2.24) is 15.3 Å². The van der Waals surface area contributed by atoms with E-state index in [1.807, 2.05) is 0 Å². The first-order valence-corrected chi connectivity index (χ1v) is 6.79. The number of hydrogen-bond acceptors (Lipinski definition) is 4. The Morgan fingerprint density at radius 3 is 2.29 bits per heavy atom. The Hall–Kier alpha value is -2.97. The summed E-state index contributed by atoms with van der Waals surface area (Å²) >= 11 is 0. The number of nitrogens with zero attached hydrogens (tertiary/aromatic N) is 2. The normalized spacial score (nSPS) is 12.5. The highest BCUT2D eigenvalue weighted by atomic mass is 19.4. The van der Waals surface area contributed by atoms with Crippen LogP contribution in [0, 0.1) is 0 Å². The number of alkyl halides is 3. The number of halogens is 3. The van der Waals surface area contributed by atoms with Crippen molar-refractivity contribution in [2.24, 2.45) is 5.73 Å². The number of carbonyl (C=O) groups is 2. The van der Waals surface area contributed by atoms with E-state index in [2.05, 4.69) is 15.3 Å². The van der Waals surface area contributed by atoms with Crippen LogP contribution in [0.2, 0.25) is 0 Å². The summed E-state index contributed by atoms with van der Waals surface area (Å²) in [6.45, 7) is 1.39. The SMILES string of the molecule is C[C@@H](NC(=O)c1nccnc1C(N)=O)c1ccccc1C(F)(F)F. The maximum Gasteiger partial charge on any atom is 0.416 e. The van der Waals surface area contributed by atoms with Crippen LogP contribution in [-0.2, 0) is 6.18 Å². The molecule has 0 fully saturated rings. The number of hydrogen-bond donors (Lipinski definition) is 2. The van der Waals surface area contributed by atoms with Gasteiger partial charge in [-0.2, -0.15) is 13.2 Å². The van der Waals surface area contributed by atoms with E-state index in [1.54, 1.807) is 0 Å². The third-order valence-corrected chi connectivity index (χ3v) is 3.23. The van der Waals surface area contributed by atoms with Crippen molar-refractivity contribution in [2.45, 2.75) is 19.1 Å². The molecular weight excluding hydrogens is 325 g/mol. The van der Waals surface area contributed by atoms with Gasteiger partial charge in [0.2, 0.25) is 0 Å². The van der Waals surface area contributed by atoms with Gasteiger partial charge in [-0.25, -0.2) is 9.97 Å². The van der Waals surface area contributed by atoms with E-state index in [4.69, 9.17) is 5.73 Å². The van der Waals surface area contributed by atoms with E-state index >= 15 is 0 Å². The first-order chi connectivity index (χ1) is 11.2. The van der Waals surface area contributed by atoms with E-state index in [-0.39, 0.29) is 17.0 Å². The molecule has 0 aliphatic carbocycles. The largest absolute Gasteiger partial charge is 0.416 e. The van der Waals surface area contributed by atoms with Gasteiger partial charge in [0.15, 0.2) is 11.4 Å². The number of aromatic nitrogens is 2. The van der Waals surface area contributed by atoms with Crippen molar-refractivity contribution in [3.05, 3.63) is 59.2 Å². The first kappa shape index (κ1) is 17.4. The maximum absolute atomic E-state index is 13.0. The highest BCUT2D eigenvalue weighted by molar-refractivity contribution is 6.04. The van der Waals surface area contributed by atoms with Gasteiger partial charge in [-0.3, -0.25) is 9.59 Å². The van der Waals surface area contributed by atoms with Gasteiger partial charge in [-0.05, 0) is 18.6 Å². The zero-order chi connectivity index (χ0) is 17.9. The van der Waals surface area contributed by atoms with Crippen molar-refractivity contribution < 1.29 is 22.8 Å². The molecule has 1 aromatic carbocycles. The maximum atomic E-state index is 13.0. The van der Waals surface area contributed by atoms with Gasteiger partial charge in [0, 0.05) is 12.4 Å². The molecule has 1 aromatic heterocycles. The number of amides is 2. The molecule has 1 atom stereocenters. The molecule has 0 aliphatic heterocycles. The minimum Gasteiger partial charge on any atom is -0.364 e. The molecule has 2 rings (SSSR count). The predicted molar refractivity (Wildman–Crippen MR) is 77.9 cm³/mol. The average molecular weight is 338 g/mol. The number of nitrogens with two attached hydrogens (primary N) is 1. The molecule has 0 bridgehead atoms. The molecule has 0 radical (unpaired) electrons. The molecule has 2 amide bonds. The van der Waals surface area contributed by atoms with Crippen LogP contribution in [0.3, 0.4) is 0 Å². The molecule has 0 spiro atoms.